The highest BCUT2D eigenvalue weighted by Gasteiger charge is 2.52. The van der Waals surface area contributed by atoms with E-state index in [4.69, 9.17) is 0 Å². The van der Waals surface area contributed by atoms with Crippen LogP contribution in [-0.2, 0) is 5.41 Å². The number of para-hydroxylation sites is 2. The summed E-state index contributed by atoms with van der Waals surface area (Å²) in [4.78, 5) is 2.39. The topological polar surface area (TPSA) is 8.17 Å². The summed E-state index contributed by atoms with van der Waals surface area (Å²) in [6.45, 7) is 0. The first-order chi connectivity index (χ1) is 34.3. The number of hydrogen-bond acceptors (Lipinski definition) is 1. The molecule has 2 aliphatic rings. The van der Waals surface area contributed by atoms with E-state index in [9.17, 15) is 0 Å². The van der Waals surface area contributed by atoms with Gasteiger partial charge in [-0.3, -0.25) is 0 Å². The number of benzene rings is 11. The molecule has 0 fully saturated rings. The van der Waals surface area contributed by atoms with Gasteiger partial charge in [-0.1, -0.05) is 206 Å². The van der Waals surface area contributed by atoms with Crippen LogP contribution in [0.2, 0.25) is 0 Å². The van der Waals surface area contributed by atoms with Crippen molar-refractivity contribution in [1.82, 2.24) is 4.57 Å². The van der Waals surface area contributed by atoms with Gasteiger partial charge in [0.1, 0.15) is 0 Å². The molecule has 12 aromatic rings. The smallest absolute Gasteiger partial charge is 0.0731 e. The fourth-order valence-electron chi connectivity index (χ4n) is 12.0. The summed E-state index contributed by atoms with van der Waals surface area (Å²) in [5.41, 5.74) is 24.3. The molecule has 1 spiro atoms. The van der Waals surface area contributed by atoms with Gasteiger partial charge in [-0.15, -0.1) is 0 Å². The standard InChI is InChI=1S/C67H44N2/c1-3-17-45(18-4-1)46-33-39-50(40-34-46)68(51-41-35-47(36-42-51)53-25-16-32-64-65(53)59-24-10-14-31-63(59)69(64)49-19-5-2-6-20-49)52-43-37-48(38-44-52)54-26-15-27-58-57-23-9-13-30-62(57)67(66(54)58)60-28-11-7-21-55(60)56-22-8-12-29-61(56)67/h1-44H. The zero-order chi connectivity index (χ0) is 45.5. The summed E-state index contributed by atoms with van der Waals surface area (Å²) < 4.78 is 2.39. The van der Waals surface area contributed by atoms with Crippen molar-refractivity contribution in [2.24, 2.45) is 0 Å². The molecule has 2 aliphatic carbocycles. The van der Waals surface area contributed by atoms with Crippen molar-refractivity contribution >= 4 is 38.9 Å². The van der Waals surface area contributed by atoms with E-state index < -0.39 is 5.41 Å². The van der Waals surface area contributed by atoms with Crippen LogP contribution in [-0.4, -0.2) is 4.57 Å². The first kappa shape index (κ1) is 39.2. The van der Waals surface area contributed by atoms with Gasteiger partial charge in [0.25, 0.3) is 0 Å². The molecule has 1 aromatic heterocycles. The monoisotopic (exact) mass is 876 g/mol. The Kier molecular flexibility index (Phi) is 8.84. The first-order valence-electron chi connectivity index (χ1n) is 23.9. The predicted molar refractivity (Wildman–Crippen MR) is 288 cm³/mol. The zero-order valence-corrected chi connectivity index (χ0v) is 37.8. The molecule has 0 atom stereocenters. The number of anilines is 3. The van der Waals surface area contributed by atoms with Gasteiger partial charge in [0, 0.05) is 33.5 Å². The molecule has 14 rings (SSSR count). The second kappa shape index (κ2) is 15.6. The molecule has 322 valence electrons. The van der Waals surface area contributed by atoms with Crippen LogP contribution in [0.1, 0.15) is 22.3 Å². The number of rotatable bonds is 7. The summed E-state index contributed by atoms with van der Waals surface area (Å²) in [5.74, 6) is 0. The third-order valence-electron chi connectivity index (χ3n) is 14.8. The molecule has 2 heteroatoms. The highest BCUT2D eigenvalue weighted by atomic mass is 15.1. The van der Waals surface area contributed by atoms with Crippen LogP contribution in [0.5, 0.6) is 0 Å². The highest BCUT2D eigenvalue weighted by molar-refractivity contribution is 6.16. The lowest BCUT2D eigenvalue weighted by molar-refractivity contribution is 0.796. The van der Waals surface area contributed by atoms with Gasteiger partial charge in [0.2, 0.25) is 0 Å². The van der Waals surface area contributed by atoms with Gasteiger partial charge >= 0.3 is 0 Å². The second-order valence-corrected chi connectivity index (χ2v) is 18.3. The van der Waals surface area contributed by atoms with Gasteiger partial charge < -0.3 is 9.47 Å². The third kappa shape index (κ3) is 5.86. The summed E-state index contributed by atoms with van der Waals surface area (Å²) in [6, 6.07) is 98.3. The summed E-state index contributed by atoms with van der Waals surface area (Å²) in [7, 11) is 0. The molecule has 0 bridgehead atoms. The Morgan fingerprint density at radius 1 is 0.275 bits per heavy atom. The van der Waals surface area contributed by atoms with Crippen LogP contribution < -0.4 is 4.90 Å². The molecule has 0 amide bonds. The van der Waals surface area contributed by atoms with E-state index in [1.807, 2.05) is 0 Å². The van der Waals surface area contributed by atoms with Crippen LogP contribution in [0, 0.1) is 0 Å². The fourth-order valence-corrected chi connectivity index (χ4v) is 12.0. The van der Waals surface area contributed by atoms with Gasteiger partial charge in [-0.2, -0.15) is 0 Å². The Morgan fingerprint density at radius 3 is 1.29 bits per heavy atom. The third-order valence-corrected chi connectivity index (χ3v) is 14.8. The SMILES string of the molecule is c1ccc(-c2ccc(N(c3ccc(-c4cccc5c4C4(c6ccccc6-c6ccccc64)c4ccccc4-5)cc3)c3ccc(-c4cccc5c4c4ccccc4n5-c4ccccc4)cc3)cc2)cc1. The van der Waals surface area contributed by atoms with E-state index >= 15 is 0 Å². The lowest BCUT2D eigenvalue weighted by Gasteiger charge is -2.32. The van der Waals surface area contributed by atoms with Gasteiger partial charge in [0.15, 0.2) is 0 Å². The van der Waals surface area contributed by atoms with Crippen molar-refractivity contribution in [2.75, 3.05) is 4.90 Å². The van der Waals surface area contributed by atoms with E-state index in [-0.39, 0.29) is 0 Å². The summed E-state index contributed by atoms with van der Waals surface area (Å²) in [6.07, 6.45) is 0. The van der Waals surface area contributed by atoms with Crippen molar-refractivity contribution < 1.29 is 0 Å². The Hall–Kier alpha value is -8.98. The Morgan fingerprint density at radius 2 is 0.681 bits per heavy atom. The van der Waals surface area contributed by atoms with E-state index in [0.717, 1.165) is 22.7 Å². The van der Waals surface area contributed by atoms with Crippen LogP contribution in [0.15, 0.2) is 267 Å². The van der Waals surface area contributed by atoms with Crippen LogP contribution in [0.25, 0.3) is 83.1 Å². The Balaban J connectivity index is 0.900. The maximum absolute atomic E-state index is 2.39. The minimum atomic E-state index is -0.427. The lowest BCUT2D eigenvalue weighted by Crippen LogP contribution is -2.26. The number of hydrogen-bond donors (Lipinski definition) is 0. The molecule has 69 heavy (non-hydrogen) atoms. The fraction of sp³-hybridized carbons (Fsp3) is 0.0149. The molecule has 1 heterocycles. The minimum Gasteiger partial charge on any atom is -0.311 e. The van der Waals surface area contributed by atoms with Crippen molar-refractivity contribution in [2.45, 2.75) is 5.41 Å². The van der Waals surface area contributed by atoms with Crippen LogP contribution >= 0.6 is 0 Å². The van der Waals surface area contributed by atoms with Crippen LogP contribution in [0.3, 0.4) is 0 Å². The number of fused-ring (bicyclic) bond motifs is 13. The molecule has 0 unspecified atom stereocenters. The molecule has 0 aliphatic heterocycles. The normalized spacial score (nSPS) is 12.8. The van der Waals surface area contributed by atoms with E-state index in [1.54, 1.807) is 0 Å². The lowest BCUT2D eigenvalue weighted by atomic mass is 9.68. The molecular weight excluding hydrogens is 833 g/mol. The highest BCUT2D eigenvalue weighted by Crippen LogP contribution is 2.64. The number of nitrogens with zero attached hydrogens (tertiary/aromatic N) is 2. The molecule has 0 saturated heterocycles. The largest absolute Gasteiger partial charge is 0.311 e. The van der Waals surface area contributed by atoms with Gasteiger partial charge in [-0.25, -0.2) is 0 Å². The van der Waals surface area contributed by atoms with Crippen molar-refractivity contribution in [1.29, 1.82) is 0 Å². The van der Waals surface area contributed by atoms with Crippen molar-refractivity contribution in [3.63, 3.8) is 0 Å². The molecule has 0 radical (unpaired) electrons. The molecule has 11 aromatic carbocycles. The van der Waals surface area contributed by atoms with Crippen LogP contribution in [0.4, 0.5) is 17.1 Å². The molecular formula is C67H44N2. The van der Waals surface area contributed by atoms with E-state index in [1.165, 1.54) is 99.7 Å². The van der Waals surface area contributed by atoms with Crippen molar-refractivity contribution in [3.8, 4) is 61.3 Å². The van der Waals surface area contributed by atoms with E-state index in [0.29, 0.717) is 0 Å². The maximum Gasteiger partial charge on any atom is 0.0731 e. The van der Waals surface area contributed by atoms with E-state index in [2.05, 4.69) is 276 Å². The average Bonchev–Trinajstić information content (AvgIpc) is 4.04. The van der Waals surface area contributed by atoms with Crippen molar-refractivity contribution in [3.05, 3.63) is 289 Å². The maximum atomic E-state index is 2.39. The van der Waals surface area contributed by atoms with Gasteiger partial charge in [0.05, 0.1) is 16.4 Å². The summed E-state index contributed by atoms with van der Waals surface area (Å²) in [5, 5.41) is 2.51. The predicted octanol–water partition coefficient (Wildman–Crippen LogP) is 17.6. The minimum absolute atomic E-state index is 0.427. The average molecular weight is 877 g/mol. The number of aromatic nitrogens is 1. The molecule has 0 N–H and O–H groups in total. The van der Waals surface area contributed by atoms with Gasteiger partial charge in [-0.05, 0) is 139 Å². The zero-order valence-electron chi connectivity index (χ0n) is 37.8. The Bertz CT molecular complexity index is 3860. The quantitative estimate of drug-likeness (QED) is 0.155. The second-order valence-electron chi connectivity index (χ2n) is 18.3. The molecule has 0 saturated carbocycles. The first-order valence-corrected chi connectivity index (χ1v) is 23.9. The Labute approximate surface area is 402 Å². The summed E-state index contributed by atoms with van der Waals surface area (Å²) >= 11 is 0. The molecule has 2 nitrogen and oxygen atoms in total.